The molecule has 2 aliphatic heterocycles. The fourth-order valence-electron chi connectivity index (χ4n) is 3.92. The third kappa shape index (κ3) is 3.73. The molecule has 2 heterocycles. The van der Waals surface area contributed by atoms with Crippen molar-refractivity contribution in [2.45, 2.75) is 57.1 Å². The highest BCUT2D eigenvalue weighted by atomic mass is 16.5. The molecule has 4 heteroatoms. The van der Waals surface area contributed by atoms with Crippen molar-refractivity contribution in [3.8, 4) is 0 Å². The Labute approximate surface area is 124 Å². The second-order valence-electron chi connectivity index (χ2n) is 6.55. The van der Waals surface area contributed by atoms with Gasteiger partial charge in [0, 0.05) is 32.4 Å². The Kier molecular flexibility index (Phi) is 6.27. The van der Waals surface area contributed by atoms with Crippen LogP contribution in [0.5, 0.6) is 0 Å². The molecule has 2 unspecified atom stereocenters. The number of likely N-dealkylation sites (tertiary alicyclic amines) is 1. The molecule has 2 N–H and O–H groups in total. The minimum Gasteiger partial charge on any atom is -0.384 e. The highest BCUT2D eigenvalue weighted by Crippen LogP contribution is 2.34. The first-order valence-corrected chi connectivity index (χ1v) is 8.29. The summed E-state index contributed by atoms with van der Waals surface area (Å²) in [6.07, 6.45) is 7.48. The first kappa shape index (κ1) is 16.2. The monoisotopic (exact) mass is 284 g/mol. The van der Waals surface area contributed by atoms with Crippen LogP contribution in [0.1, 0.15) is 45.4 Å². The molecule has 0 aliphatic carbocycles. The largest absolute Gasteiger partial charge is 0.384 e. The van der Waals surface area contributed by atoms with Gasteiger partial charge in [-0.2, -0.15) is 0 Å². The number of methoxy groups -OCH3 is 1. The van der Waals surface area contributed by atoms with E-state index in [2.05, 4.69) is 11.8 Å². The first-order valence-electron chi connectivity index (χ1n) is 8.29. The highest BCUT2D eigenvalue weighted by Gasteiger charge is 2.41. The van der Waals surface area contributed by atoms with Crippen molar-refractivity contribution in [1.29, 1.82) is 0 Å². The summed E-state index contributed by atoms with van der Waals surface area (Å²) in [7, 11) is 1.81. The Hall–Kier alpha value is -0.160. The van der Waals surface area contributed by atoms with Crippen LogP contribution in [-0.2, 0) is 9.47 Å². The molecule has 0 radical (unpaired) electrons. The summed E-state index contributed by atoms with van der Waals surface area (Å²) in [5.74, 6) is 0.734. The Morgan fingerprint density at radius 1 is 1.35 bits per heavy atom. The van der Waals surface area contributed by atoms with Gasteiger partial charge in [-0.05, 0) is 51.1 Å². The van der Waals surface area contributed by atoms with E-state index in [1.807, 2.05) is 7.11 Å². The second-order valence-corrected chi connectivity index (χ2v) is 6.55. The molecule has 118 valence electrons. The smallest absolute Gasteiger partial charge is 0.0593 e. The molecule has 20 heavy (non-hydrogen) atoms. The number of nitrogens with zero attached hydrogens (tertiary/aromatic N) is 1. The molecular weight excluding hydrogens is 252 g/mol. The molecular formula is C16H32N2O2. The number of hydrogen-bond acceptors (Lipinski definition) is 4. The molecule has 0 saturated carbocycles. The standard InChI is InChI=1S/C16H32N2O2/c1-3-4-15-11-16(13-17,7-10-20-15)18-8-5-14(6-9-18)12-19-2/h14-15H,3-13,17H2,1-2H3. The Balaban J connectivity index is 1.93. The van der Waals surface area contributed by atoms with Crippen LogP contribution in [-0.4, -0.2) is 56.5 Å². The molecule has 2 aliphatic rings. The number of nitrogens with two attached hydrogens (primary N) is 1. The molecule has 2 rings (SSSR count). The molecule has 2 fully saturated rings. The average molecular weight is 284 g/mol. The van der Waals surface area contributed by atoms with Crippen LogP contribution in [0.25, 0.3) is 0 Å². The van der Waals surface area contributed by atoms with Crippen molar-refractivity contribution in [2.24, 2.45) is 11.7 Å². The summed E-state index contributed by atoms with van der Waals surface area (Å²) >= 11 is 0. The van der Waals surface area contributed by atoms with Crippen LogP contribution in [0.3, 0.4) is 0 Å². The topological polar surface area (TPSA) is 47.7 Å². The van der Waals surface area contributed by atoms with E-state index in [4.69, 9.17) is 15.2 Å². The maximum Gasteiger partial charge on any atom is 0.0593 e. The van der Waals surface area contributed by atoms with Gasteiger partial charge in [-0.15, -0.1) is 0 Å². The molecule has 4 nitrogen and oxygen atoms in total. The minimum absolute atomic E-state index is 0.191. The lowest BCUT2D eigenvalue weighted by Gasteiger charge is -2.50. The van der Waals surface area contributed by atoms with Crippen LogP contribution < -0.4 is 5.73 Å². The van der Waals surface area contributed by atoms with Gasteiger partial charge in [-0.25, -0.2) is 0 Å². The predicted molar refractivity (Wildman–Crippen MR) is 81.8 cm³/mol. The Morgan fingerprint density at radius 2 is 2.10 bits per heavy atom. The molecule has 0 aromatic rings. The molecule has 2 saturated heterocycles. The van der Waals surface area contributed by atoms with Crippen molar-refractivity contribution in [3.05, 3.63) is 0 Å². The van der Waals surface area contributed by atoms with Gasteiger partial charge in [0.05, 0.1) is 6.10 Å². The van der Waals surface area contributed by atoms with Gasteiger partial charge >= 0.3 is 0 Å². The maximum atomic E-state index is 6.20. The Morgan fingerprint density at radius 3 is 2.70 bits per heavy atom. The number of rotatable bonds is 6. The van der Waals surface area contributed by atoms with Crippen LogP contribution in [0.4, 0.5) is 0 Å². The van der Waals surface area contributed by atoms with E-state index in [9.17, 15) is 0 Å². The van der Waals surface area contributed by atoms with E-state index < -0.39 is 0 Å². The molecule has 0 aromatic carbocycles. The number of hydrogen-bond donors (Lipinski definition) is 1. The van der Waals surface area contributed by atoms with Crippen LogP contribution in [0.15, 0.2) is 0 Å². The van der Waals surface area contributed by atoms with Crippen molar-refractivity contribution < 1.29 is 9.47 Å². The van der Waals surface area contributed by atoms with Crippen LogP contribution >= 0.6 is 0 Å². The lowest BCUT2D eigenvalue weighted by molar-refractivity contribution is -0.0834. The summed E-state index contributed by atoms with van der Waals surface area (Å²) in [6.45, 7) is 7.13. The Bertz CT molecular complexity index is 278. The van der Waals surface area contributed by atoms with Crippen molar-refractivity contribution in [2.75, 3.05) is 40.0 Å². The van der Waals surface area contributed by atoms with E-state index in [-0.39, 0.29) is 5.54 Å². The fraction of sp³-hybridized carbons (Fsp3) is 1.00. The van der Waals surface area contributed by atoms with Crippen LogP contribution in [0, 0.1) is 5.92 Å². The zero-order valence-electron chi connectivity index (χ0n) is 13.3. The van der Waals surface area contributed by atoms with Gasteiger partial charge in [-0.3, -0.25) is 4.90 Å². The SMILES string of the molecule is CCCC1CC(CN)(N2CCC(COC)CC2)CCO1. The van der Waals surface area contributed by atoms with Gasteiger partial charge in [0.15, 0.2) is 0 Å². The second kappa shape index (κ2) is 7.74. The molecule has 0 amide bonds. The first-order chi connectivity index (χ1) is 9.74. The summed E-state index contributed by atoms with van der Waals surface area (Å²) in [4.78, 5) is 2.66. The minimum atomic E-state index is 0.191. The zero-order valence-corrected chi connectivity index (χ0v) is 13.3. The lowest BCUT2D eigenvalue weighted by atomic mass is 9.81. The summed E-state index contributed by atoms with van der Waals surface area (Å²) in [6, 6.07) is 0. The normalized spacial score (nSPS) is 33.5. The molecule has 0 spiro atoms. The van der Waals surface area contributed by atoms with Crippen LogP contribution in [0.2, 0.25) is 0 Å². The fourth-order valence-corrected chi connectivity index (χ4v) is 3.92. The number of ether oxygens (including phenoxy) is 2. The number of piperidine rings is 1. The van der Waals surface area contributed by atoms with Gasteiger partial charge in [-0.1, -0.05) is 13.3 Å². The van der Waals surface area contributed by atoms with E-state index >= 15 is 0 Å². The van der Waals surface area contributed by atoms with Gasteiger partial charge in [0.25, 0.3) is 0 Å². The maximum absolute atomic E-state index is 6.20. The quantitative estimate of drug-likeness (QED) is 0.810. The van der Waals surface area contributed by atoms with Gasteiger partial charge in [0.1, 0.15) is 0 Å². The summed E-state index contributed by atoms with van der Waals surface area (Å²) in [5.41, 5.74) is 6.39. The van der Waals surface area contributed by atoms with Gasteiger partial charge < -0.3 is 15.2 Å². The molecule has 2 atom stereocenters. The summed E-state index contributed by atoms with van der Waals surface area (Å²) < 4.78 is 11.2. The van der Waals surface area contributed by atoms with E-state index in [1.54, 1.807) is 0 Å². The van der Waals surface area contributed by atoms with Crippen molar-refractivity contribution in [1.82, 2.24) is 4.90 Å². The molecule has 0 aromatic heterocycles. The van der Waals surface area contributed by atoms with Crippen molar-refractivity contribution >= 4 is 0 Å². The molecule has 0 bridgehead atoms. The third-order valence-electron chi connectivity index (χ3n) is 5.21. The van der Waals surface area contributed by atoms with E-state index in [0.717, 1.165) is 38.5 Å². The summed E-state index contributed by atoms with van der Waals surface area (Å²) in [5, 5.41) is 0. The van der Waals surface area contributed by atoms with Crippen molar-refractivity contribution in [3.63, 3.8) is 0 Å². The zero-order chi connectivity index (χ0) is 14.4. The third-order valence-corrected chi connectivity index (χ3v) is 5.21. The van der Waals surface area contributed by atoms with E-state index in [1.165, 1.54) is 38.8 Å². The predicted octanol–water partition coefficient (Wildman–Crippen LogP) is 2.02. The van der Waals surface area contributed by atoms with Gasteiger partial charge in [0.2, 0.25) is 0 Å². The van der Waals surface area contributed by atoms with E-state index in [0.29, 0.717) is 6.10 Å². The lowest BCUT2D eigenvalue weighted by Crippen LogP contribution is -2.60. The highest BCUT2D eigenvalue weighted by molar-refractivity contribution is 4.97. The average Bonchev–Trinajstić information content (AvgIpc) is 2.49.